The lowest BCUT2D eigenvalue weighted by atomic mass is 9.93. The lowest BCUT2D eigenvalue weighted by Crippen LogP contribution is -2.14. The Balaban J connectivity index is 3.60. The van der Waals surface area contributed by atoms with Crippen LogP contribution in [0, 0.1) is 16.7 Å². The number of hydrogen-bond acceptors (Lipinski definition) is 2. The quantitative estimate of drug-likeness (QED) is 0.613. The topological polar surface area (TPSA) is 40.9 Å². The molecule has 0 aromatic rings. The number of nitrogens with zero attached hydrogens (tertiary/aromatic N) is 1. The molecule has 0 fully saturated rings. The van der Waals surface area contributed by atoms with E-state index in [1.165, 1.54) is 6.42 Å². The second-order valence-corrected chi connectivity index (χ2v) is 6.00. The fourth-order valence-corrected chi connectivity index (χ4v) is 2.51. The lowest BCUT2D eigenvalue weighted by Gasteiger charge is -2.13. The van der Waals surface area contributed by atoms with Gasteiger partial charge in [-0.2, -0.15) is 5.26 Å². The van der Waals surface area contributed by atoms with Gasteiger partial charge in [-0.25, -0.2) is 0 Å². The first-order valence-electron chi connectivity index (χ1n) is 5.28. The van der Waals surface area contributed by atoms with Crippen LogP contribution in [0.5, 0.6) is 0 Å². The highest BCUT2D eigenvalue weighted by atomic mass is 32.2. The first kappa shape index (κ1) is 13.6. The second kappa shape index (κ2) is 7.00. The maximum atomic E-state index is 11.5. The summed E-state index contributed by atoms with van der Waals surface area (Å²) in [5, 5.41) is 8.77. The summed E-state index contributed by atoms with van der Waals surface area (Å²) >= 11 is 0. The maximum absolute atomic E-state index is 11.5. The third kappa shape index (κ3) is 7.08. The van der Waals surface area contributed by atoms with Gasteiger partial charge in [-0.3, -0.25) is 4.21 Å². The molecule has 0 N–H and O–H groups in total. The van der Waals surface area contributed by atoms with Gasteiger partial charge in [0.25, 0.3) is 0 Å². The van der Waals surface area contributed by atoms with Crippen LogP contribution in [0.4, 0.5) is 0 Å². The van der Waals surface area contributed by atoms with Crippen LogP contribution in [-0.2, 0) is 10.8 Å². The predicted octanol–water partition coefficient (Wildman–Crippen LogP) is 2.87. The first-order valence-corrected chi connectivity index (χ1v) is 6.77. The Hall–Kier alpha value is -0.360. The van der Waals surface area contributed by atoms with Crippen LogP contribution in [0.15, 0.2) is 0 Å². The summed E-state index contributed by atoms with van der Waals surface area (Å²) in [5.41, 5.74) is -0.319. The zero-order valence-electron chi connectivity index (χ0n) is 9.51. The van der Waals surface area contributed by atoms with E-state index in [1.807, 2.05) is 13.8 Å². The molecule has 0 saturated heterocycles. The van der Waals surface area contributed by atoms with Gasteiger partial charge in [0.15, 0.2) is 0 Å². The van der Waals surface area contributed by atoms with Crippen molar-refractivity contribution in [2.75, 3.05) is 11.5 Å². The van der Waals surface area contributed by atoms with E-state index < -0.39 is 10.8 Å². The van der Waals surface area contributed by atoms with E-state index in [9.17, 15) is 4.21 Å². The van der Waals surface area contributed by atoms with E-state index in [2.05, 4.69) is 13.0 Å². The van der Waals surface area contributed by atoms with E-state index in [0.717, 1.165) is 25.0 Å². The highest BCUT2D eigenvalue weighted by molar-refractivity contribution is 7.84. The summed E-state index contributed by atoms with van der Waals surface area (Å²) in [6, 6.07) is 2.23. The summed E-state index contributed by atoms with van der Waals surface area (Å²) < 4.78 is 11.5. The molecule has 14 heavy (non-hydrogen) atoms. The van der Waals surface area contributed by atoms with E-state index in [4.69, 9.17) is 5.26 Å². The van der Waals surface area contributed by atoms with Crippen molar-refractivity contribution in [2.45, 2.75) is 46.5 Å². The zero-order valence-corrected chi connectivity index (χ0v) is 10.3. The van der Waals surface area contributed by atoms with Crippen molar-refractivity contribution in [2.24, 2.45) is 5.41 Å². The SMILES string of the molecule is CCCCCS(=O)CCC(C)(C)C#N. The Labute approximate surface area is 90.2 Å². The van der Waals surface area contributed by atoms with Crippen molar-refractivity contribution in [1.82, 2.24) is 0 Å². The van der Waals surface area contributed by atoms with Crippen molar-refractivity contribution < 1.29 is 4.21 Å². The van der Waals surface area contributed by atoms with Crippen LogP contribution in [0.1, 0.15) is 46.5 Å². The second-order valence-electron chi connectivity index (χ2n) is 4.30. The summed E-state index contributed by atoms with van der Waals surface area (Å²) in [5.74, 6) is 1.47. The fourth-order valence-electron chi connectivity index (χ4n) is 1.04. The molecule has 1 unspecified atom stereocenters. The standard InChI is InChI=1S/C11H21NOS/c1-4-5-6-8-14(13)9-7-11(2,3)10-12/h4-9H2,1-3H3. The Morgan fingerprint density at radius 2 is 1.93 bits per heavy atom. The van der Waals surface area contributed by atoms with Crippen molar-refractivity contribution >= 4 is 10.8 Å². The molecule has 0 aliphatic heterocycles. The van der Waals surface area contributed by atoms with Gasteiger partial charge in [-0.15, -0.1) is 0 Å². The van der Waals surface area contributed by atoms with E-state index in [1.54, 1.807) is 0 Å². The molecule has 0 amide bonds. The maximum Gasteiger partial charge on any atom is 0.0684 e. The Morgan fingerprint density at radius 1 is 1.29 bits per heavy atom. The molecule has 0 aliphatic carbocycles. The molecular formula is C11H21NOS. The van der Waals surface area contributed by atoms with Gasteiger partial charge in [0.05, 0.1) is 11.5 Å². The van der Waals surface area contributed by atoms with Gasteiger partial charge >= 0.3 is 0 Å². The molecule has 0 radical (unpaired) electrons. The van der Waals surface area contributed by atoms with Crippen molar-refractivity contribution in [3.63, 3.8) is 0 Å². The van der Waals surface area contributed by atoms with Gasteiger partial charge < -0.3 is 0 Å². The molecule has 0 aromatic heterocycles. The van der Waals surface area contributed by atoms with Crippen LogP contribution in [0.2, 0.25) is 0 Å². The predicted molar refractivity (Wildman–Crippen MR) is 61.4 cm³/mol. The van der Waals surface area contributed by atoms with E-state index in [0.29, 0.717) is 5.75 Å². The lowest BCUT2D eigenvalue weighted by molar-refractivity contribution is 0.479. The largest absolute Gasteiger partial charge is 0.260 e. The Morgan fingerprint density at radius 3 is 2.43 bits per heavy atom. The molecule has 1 atom stereocenters. The van der Waals surface area contributed by atoms with Crippen molar-refractivity contribution in [1.29, 1.82) is 5.26 Å². The Kier molecular flexibility index (Phi) is 6.82. The third-order valence-corrected chi connectivity index (χ3v) is 3.64. The molecule has 0 spiro atoms. The smallest absolute Gasteiger partial charge is 0.0684 e. The number of unbranched alkanes of at least 4 members (excludes halogenated alkanes) is 2. The molecule has 0 aliphatic rings. The normalized spacial score (nSPS) is 13.6. The van der Waals surface area contributed by atoms with Gasteiger partial charge in [0.2, 0.25) is 0 Å². The molecule has 82 valence electrons. The van der Waals surface area contributed by atoms with Crippen LogP contribution >= 0.6 is 0 Å². The fraction of sp³-hybridized carbons (Fsp3) is 0.909. The minimum Gasteiger partial charge on any atom is -0.260 e. The third-order valence-electron chi connectivity index (χ3n) is 2.23. The zero-order chi connectivity index (χ0) is 11.0. The summed E-state index contributed by atoms with van der Waals surface area (Å²) in [6.07, 6.45) is 4.12. The van der Waals surface area contributed by atoms with Crippen LogP contribution in [-0.4, -0.2) is 15.7 Å². The number of rotatable bonds is 7. The molecule has 0 aromatic carbocycles. The van der Waals surface area contributed by atoms with Gasteiger partial charge in [0, 0.05) is 22.3 Å². The molecule has 0 saturated carbocycles. The van der Waals surface area contributed by atoms with Crippen LogP contribution < -0.4 is 0 Å². The highest BCUT2D eigenvalue weighted by Gasteiger charge is 2.17. The number of hydrogen-bond donors (Lipinski definition) is 0. The average molecular weight is 215 g/mol. The Bertz CT molecular complexity index is 218. The summed E-state index contributed by atoms with van der Waals surface area (Å²) in [4.78, 5) is 0. The summed E-state index contributed by atoms with van der Waals surface area (Å²) in [7, 11) is -0.721. The molecule has 3 heteroatoms. The highest BCUT2D eigenvalue weighted by Crippen LogP contribution is 2.18. The van der Waals surface area contributed by atoms with Crippen molar-refractivity contribution in [3.8, 4) is 6.07 Å². The monoisotopic (exact) mass is 215 g/mol. The van der Waals surface area contributed by atoms with Crippen LogP contribution in [0.25, 0.3) is 0 Å². The van der Waals surface area contributed by atoms with Gasteiger partial charge in [-0.05, 0) is 26.7 Å². The van der Waals surface area contributed by atoms with Crippen LogP contribution in [0.3, 0.4) is 0 Å². The average Bonchev–Trinajstić information content (AvgIpc) is 2.16. The number of nitriles is 1. The first-order chi connectivity index (χ1) is 6.52. The van der Waals surface area contributed by atoms with Gasteiger partial charge in [-0.1, -0.05) is 19.8 Å². The molecule has 0 bridgehead atoms. The minimum atomic E-state index is -0.721. The molecule has 2 nitrogen and oxygen atoms in total. The van der Waals surface area contributed by atoms with Crippen molar-refractivity contribution in [3.05, 3.63) is 0 Å². The molecule has 0 heterocycles. The molecule has 0 rings (SSSR count). The molecular weight excluding hydrogens is 194 g/mol. The van der Waals surface area contributed by atoms with E-state index >= 15 is 0 Å². The summed E-state index contributed by atoms with van der Waals surface area (Å²) in [6.45, 7) is 5.94. The van der Waals surface area contributed by atoms with Gasteiger partial charge in [0.1, 0.15) is 0 Å². The minimum absolute atomic E-state index is 0.319. The van der Waals surface area contributed by atoms with E-state index in [-0.39, 0.29) is 5.41 Å².